The van der Waals surface area contributed by atoms with Gasteiger partial charge in [0.15, 0.2) is 0 Å². The molecule has 3 nitrogen and oxygen atoms in total. The summed E-state index contributed by atoms with van der Waals surface area (Å²) in [7, 11) is 0. The zero-order valence-electron chi connectivity index (χ0n) is 8.85. The van der Waals surface area contributed by atoms with Crippen molar-refractivity contribution in [3.05, 3.63) is 41.5 Å². The van der Waals surface area contributed by atoms with Crippen LogP contribution in [0, 0.1) is 17.6 Å². The predicted octanol–water partition coefficient (Wildman–Crippen LogP) is 0.692. The largest absolute Gasteiger partial charge is 0.396 e. The smallest absolute Gasteiger partial charge is 0.133 e. The number of aliphatic hydroxyl groups is 3. The zero-order chi connectivity index (χ0) is 12.6. The van der Waals surface area contributed by atoms with E-state index in [2.05, 4.69) is 0 Å². The Hall–Kier alpha value is -1.30. The topological polar surface area (TPSA) is 60.7 Å². The van der Waals surface area contributed by atoms with Gasteiger partial charge in [-0.1, -0.05) is 6.08 Å². The van der Waals surface area contributed by atoms with Crippen LogP contribution in [0.15, 0.2) is 24.3 Å². The first-order chi connectivity index (χ1) is 8.04. The third-order valence-corrected chi connectivity index (χ3v) is 2.93. The van der Waals surface area contributed by atoms with Gasteiger partial charge in [0.25, 0.3) is 0 Å². The maximum atomic E-state index is 13.5. The Morgan fingerprint density at radius 1 is 1.18 bits per heavy atom. The molecule has 3 N–H and O–H groups in total. The molecule has 0 aliphatic heterocycles. The molecule has 0 radical (unpaired) electrons. The molecule has 0 amide bonds. The summed E-state index contributed by atoms with van der Waals surface area (Å²) in [6, 6.07) is 2.98. The van der Waals surface area contributed by atoms with E-state index in [4.69, 9.17) is 5.11 Å². The third-order valence-electron chi connectivity index (χ3n) is 2.93. The number of aliphatic hydroxyl groups excluding tert-OH is 3. The Balaban J connectivity index is 2.40. The van der Waals surface area contributed by atoms with E-state index in [1.54, 1.807) is 0 Å². The molecule has 1 aromatic carbocycles. The van der Waals surface area contributed by atoms with Crippen LogP contribution in [-0.2, 0) is 0 Å². The number of benzene rings is 1. The highest BCUT2D eigenvalue weighted by Gasteiger charge is 2.35. The highest BCUT2D eigenvalue weighted by Crippen LogP contribution is 2.33. The van der Waals surface area contributed by atoms with Gasteiger partial charge in [-0.05, 0) is 17.7 Å². The molecule has 1 aromatic rings. The van der Waals surface area contributed by atoms with E-state index in [9.17, 15) is 19.0 Å². The van der Waals surface area contributed by atoms with Crippen LogP contribution in [0.3, 0.4) is 0 Å². The van der Waals surface area contributed by atoms with E-state index < -0.39 is 29.8 Å². The van der Waals surface area contributed by atoms with E-state index in [0.29, 0.717) is 6.07 Å². The van der Waals surface area contributed by atoms with Gasteiger partial charge in [0.1, 0.15) is 17.7 Å². The van der Waals surface area contributed by atoms with Crippen molar-refractivity contribution in [2.75, 3.05) is 6.61 Å². The molecule has 2 rings (SSSR count). The minimum atomic E-state index is -1.27. The molecule has 0 bridgehead atoms. The first-order valence-electron chi connectivity index (χ1n) is 5.18. The van der Waals surface area contributed by atoms with Crippen molar-refractivity contribution in [2.24, 2.45) is 5.92 Å². The Labute approximate surface area is 96.6 Å². The molecule has 1 aliphatic rings. The second-order valence-electron chi connectivity index (χ2n) is 4.03. The van der Waals surface area contributed by atoms with Crippen molar-refractivity contribution >= 4 is 5.57 Å². The van der Waals surface area contributed by atoms with Gasteiger partial charge in [-0.2, -0.15) is 0 Å². The van der Waals surface area contributed by atoms with Gasteiger partial charge in [0.2, 0.25) is 0 Å². The second kappa shape index (κ2) is 4.52. The van der Waals surface area contributed by atoms with Gasteiger partial charge >= 0.3 is 0 Å². The molecule has 17 heavy (non-hydrogen) atoms. The third kappa shape index (κ3) is 2.09. The summed E-state index contributed by atoms with van der Waals surface area (Å²) in [6.07, 6.45) is -1.03. The fourth-order valence-corrected chi connectivity index (χ4v) is 1.98. The Kier molecular flexibility index (Phi) is 3.24. The molecule has 0 fully saturated rings. The Morgan fingerprint density at radius 2 is 1.88 bits per heavy atom. The van der Waals surface area contributed by atoms with E-state index in [1.807, 2.05) is 0 Å². The minimum absolute atomic E-state index is 0.0360. The summed E-state index contributed by atoms with van der Waals surface area (Å²) >= 11 is 0. The van der Waals surface area contributed by atoms with Crippen LogP contribution in [0.25, 0.3) is 5.57 Å². The van der Waals surface area contributed by atoms with Crippen LogP contribution < -0.4 is 0 Å². The molecular weight excluding hydrogens is 230 g/mol. The Bertz CT molecular complexity index is 459. The molecule has 0 heterocycles. The van der Waals surface area contributed by atoms with Crippen LogP contribution in [0.1, 0.15) is 5.56 Å². The van der Waals surface area contributed by atoms with Crippen molar-refractivity contribution in [2.45, 2.75) is 12.2 Å². The average Bonchev–Trinajstić information content (AvgIpc) is 2.57. The summed E-state index contributed by atoms with van der Waals surface area (Å²) in [6.45, 7) is -0.343. The fourth-order valence-electron chi connectivity index (χ4n) is 1.98. The lowest BCUT2D eigenvalue weighted by Crippen LogP contribution is -2.29. The standard InChI is InChI=1S/C12H12F2O3/c13-7-1-2-8(10(14)4-7)9-3-6(5-15)11(16)12(9)17/h1-4,6,11-12,15-17H,5H2/t6-,11-,12+/m1/s1. The lowest BCUT2D eigenvalue weighted by Gasteiger charge is -2.16. The quantitative estimate of drug-likeness (QED) is 0.715. The van der Waals surface area contributed by atoms with Crippen LogP contribution in [0.4, 0.5) is 8.78 Å². The molecule has 0 saturated carbocycles. The number of hydrogen-bond acceptors (Lipinski definition) is 3. The van der Waals surface area contributed by atoms with Gasteiger partial charge in [-0.15, -0.1) is 0 Å². The van der Waals surface area contributed by atoms with Gasteiger partial charge in [-0.25, -0.2) is 8.78 Å². The first-order valence-corrected chi connectivity index (χ1v) is 5.18. The molecule has 1 aliphatic carbocycles. The minimum Gasteiger partial charge on any atom is -0.396 e. The molecule has 5 heteroatoms. The van der Waals surface area contributed by atoms with Gasteiger partial charge in [-0.3, -0.25) is 0 Å². The van der Waals surface area contributed by atoms with E-state index in [0.717, 1.165) is 6.07 Å². The summed E-state index contributed by atoms with van der Waals surface area (Å²) in [5.74, 6) is -2.15. The fraction of sp³-hybridized carbons (Fsp3) is 0.333. The molecule has 0 saturated heterocycles. The normalized spacial score (nSPS) is 28.3. The van der Waals surface area contributed by atoms with Gasteiger partial charge in [0.05, 0.1) is 12.7 Å². The maximum absolute atomic E-state index is 13.5. The van der Waals surface area contributed by atoms with Crippen LogP contribution >= 0.6 is 0 Å². The number of rotatable bonds is 2. The summed E-state index contributed by atoms with van der Waals surface area (Å²) < 4.78 is 26.2. The highest BCUT2D eigenvalue weighted by atomic mass is 19.1. The van der Waals surface area contributed by atoms with Gasteiger partial charge < -0.3 is 15.3 Å². The summed E-state index contributed by atoms with van der Waals surface area (Å²) in [5, 5.41) is 28.3. The molecular formula is C12H12F2O3. The van der Waals surface area contributed by atoms with Crippen molar-refractivity contribution in [1.82, 2.24) is 0 Å². The lowest BCUT2D eigenvalue weighted by molar-refractivity contribution is 0.0212. The van der Waals surface area contributed by atoms with Crippen molar-refractivity contribution in [3.63, 3.8) is 0 Å². The van der Waals surface area contributed by atoms with E-state index >= 15 is 0 Å². The van der Waals surface area contributed by atoms with Crippen molar-refractivity contribution in [1.29, 1.82) is 0 Å². The maximum Gasteiger partial charge on any atom is 0.133 e. The Morgan fingerprint density at radius 3 is 2.41 bits per heavy atom. The SMILES string of the molecule is OC[C@H]1C=C(c2ccc(F)cc2F)[C@H](O)[C@@H]1O. The van der Waals surface area contributed by atoms with Crippen LogP contribution in [0.5, 0.6) is 0 Å². The monoisotopic (exact) mass is 242 g/mol. The number of hydrogen-bond donors (Lipinski definition) is 3. The van der Waals surface area contributed by atoms with Crippen molar-refractivity contribution < 1.29 is 24.1 Å². The summed E-state index contributed by atoms with van der Waals surface area (Å²) in [5.41, 5.74) is 0.211. The van der Waals surface area contributed by atoms with E-state index in [-0.39, 0.29) is 17.7 Å². The first kappa shape index (κ1) is 12.2. The average molecular weight is 242 g/mol. The predicted molar refractivity (Wildman–Crippen MR) is 56.9 cm³/mol. The molecule has 3 atom stereocenters. The van der Waals surface area contributed by atoms with Crippen LogP contribution in [-0.4, -0.2) is 34.1 Å². The van der Waals surface area contributed by atoms with Crippen molar-refractivity contribution in [3.8, 4) is 0 Å². The molecule has 0 unspecified atom stereocenters. The summed E-state index contributed by atoms with van der Waals surface area (Å²) in [4.78, 5) is 0. The second-order valence-corrected chi connectivity index (χ2v) is 4.03. The number of halogens is 2. The lowest BCUT2D eigenvalue weighted by atomic mass is 10.0. The van der Waals surface area contributed by atoms with Crippen LogP contribution in [0.2, 0.25) is 0 Å². The van der Waals surface area contributed by atoms with E-state index in [1.165, 1.54) is 12.1 Å². The molecule has 0 spiro atoms. The highest BCUT2D eigenvalue weighted by molar-refractivity contribution is 5.72. The zero-order valence-corrected chi connectivity index (χ0v) is 8.85. The molecule has 92 valence electrons. The molecule has 0 aromatic heterocycles. The van der Waals surface area contributed by atoms with Gasteiger partial charge in [0, 0.05) is 17.5 Å².